The van der Waals surface area contributed by atoms with E-state index in [0.29, 0.717) is 78.7 Å². The topological polar surface area (TPSA) is 201 Å². The van der Waals surface area contributed by atoms with Crippen molar-refractivity contribution in [2.75, 3.05) is 23.7 Å². The number of aryl methyl sites for hydroxylation is 2. The largest absolute Gasteiger partial charge is 0.436 e. The maximum Gasteiger partial charge on any atom is 0.258 e. The molecule has 53 heavy (non-hydrogen) atoms. The highest BCUT2D eigenvalue weighted by molar-refractivity contribution is 5.99. The van der Waals surface area contributed by atoms with Crippen LogP contribution in [-0.4, -0.2) is 92.9 Å². The number of aliphatic hydroxyl groups is 2. The highest BCUT2D eigenvalue weighted by Crippen LogP contribution is 2.30. The molecule has 4 atom stereocenters. The van der Waals surface area contributed by atoms with Crippen molar-refractivity contribution in [3.63, 3.8) is 0 Å². The number of imidazole rings is 2. The second-order valence-corrected chi connectivity index (χ2v) is 13.2. The Labute approximate surface area is 304 Å². The van der Waals surface area contributed by atoms with Gasteiger partial charge in [0.2, 0.25) is 17.7 Å². The van der Waals surface area contributed by atoms with Crippen LogP contribution in [0.3, 0.4) is 0 Å². The lowest BCUT2D eigenvalue weighted by atomic mass is 10.1. The Morgan fingerprint density at radius 2 is 1.15 bits per heavy atom. The van der Waals surface area contributed by atoms with Crippen molar-refractivity contribution in [1.29, 1.82) is 0 Å². The molecule has 0 spiro atoms. The fourth-order valence-electron chi connectivity index (χ4n) is 6.84. The summed E-state index contributed by atoms with van der Waals surface area (Å²) >= 11 is 0. The van der Waals surface area contributed by atoms with Crippen molar-refractivity contribution >= 4 is 35.0 Å². The van der Waals surface area contributed by atoms with E-state index >= 15 is 0 Å². The van der Waals surface area contributed by atoms with Crippen molar-refractivity contribution in [3.8, 4) is 22.8 Å². The summed E-state index contributed by atoms with van der Waals surface area (Å²) in [5.41, 5.74) is 3.19. The molecule has 0 saturated carbocycles. The van der Waals surface area contributed by atoms with Gasteiger partial charge in [0, 0.05) is 49.7 Å². The summed E-state index contributed by atoms with van der Waals surface area (Å²) in [5.74, 6) is -0.880. The zero-order valence-electron chi connectivity index (χ0n) is 29.1. The van der Waals surface area contributed by atoms with Crippen LogP contribution in [-0.2, 0) is 33.3 Å². The van der Waals surface area contributed by atoms with Crippen LogP contribution in [0.15, 0.2) is 84.2 Å². The monoisotopic (exact) mass is 721 g/mol. The van der Waals surface area contributed by atoms with Gasteiger partial charge in [-0.3, -0.25) is 19.2 Å². The second-order valence-electron chi connectivity index (χ2n) is 13.2. The van der Waals surface area contributed by atoms with E-state index in [0.717, 1.165) is 5.56 Å². The number of hydrogen-bond donors (Lipinski definition) is 4. The molecule has 2 unspecified atom stereocenters. The molecule has 2 fully saturated rings. The SMILES string of the molecule is Cn1cncc1C(O)C(=O)N1CCC[C@H]1C(=O)Nc1ccc(-c2cnc(-c3ccc(NC(=O)[C@@H]4CCCN4C(=O)C(O)c4cncn4C)cc3)o2)cc1. The van der Waals surface area contributed by atoms with Crippen molar-refractivity contribution in [1.82, 2.24) is 33.9 Å². The minimum Gasteiger partial charge on any atom is -0.436 e. The van der Waals surface area contributed by atoms with Crippen molar-refractivity contribution < 1.29 is 33.8 Å². The van der Waals surface area contributed by atoms with Crippen LogP contribution in [0, 0.1) is 0 Å². The van der Waals surface area contributed by atoms with E-state index in [4.69, 9.17) is 4.42 Å². The molecule has 7 rings (SSSR count). The fraction of sp³-hybridized carbons (Fsp3) is 0.324. The standard InChI is InChI=1S/C37H39N9O7/c1-43-20-38-17-28(43)31(47)36(51)45-15-3-5-26(45)33(49)41-24-11-7-22(8-12-24)30-19-40-35(53-30)23-9-13-25(14-10-23)42-34(50)27-6-4-16-46(27)37(52)32(48)29-18-39-21-44(29)2/h7-14,17-21,26-27,31-32,47-48H,3-6,15-16H2,1-2H3,(H,41,49)(H,42,50)/t26-,27-,31?,32?/m0/s1. The molecule has 274 valence electrons. The maximum atomic E-state index is 13.2. The van der Waals surface area contributed by atoms with Gasteiger partial charge in [-0.05, 0) is 74.2 Å². The summed E-state index contributed by atoms with van der Waals surface area (Å²) in [6.07, 6.45) is 6.90. The Hall–Kier alpha value is -6.13. The summed E-state index contributed by atoms with van der Waals surface area (Å²) in [4.78, 5) is 67.7. The van der Waals surface area contributed by atoms with E-state index in [1.165, 1.54) is 34.8 Å². The summed E-state index contributed by atoms with van der Waals surface area (Å²) < 4.78 is 9.17. The van der Waals surface area contributed by atoms with Crippen LogP contribution in [0.25, 0.3) is 22.8 Å². The van der Waals surface area contributed by atoms with Gasteiger partial charge in [-0.1, -0.05) is 0 Å². The number of carbonyl (C=O) groups is 4. The number of anilines is 2. The van der Waals surface area contributed by atoms with Crippen molar-refractivity contribution in [2.45, 2.75) is 50.0 Å². The lowest BCUT2D eigenvalue weighted by molar-refractivity contribution is -0.144. The summed E-state index contributed by atoms with van der Waals surface area (Å²) in [5, 5.41) is 27.0. The molecule has 0 aliphatic carbocycles. The second kappa shape index (κ2) is 14.8. The van der Waals surface area contributed by atoms with E-state index < -0.39 is 36.1 Å². The summed E-state index contributed by atoms with van der Waals surface area (Å²) in [6.45, 7) is 0.743. The lowest BCUT2D eigenvalue weighted by Gasteiger charge is -2.26. The third-order valence-corrected chi connectivity index (χ3v) is 9.76. The Balaban J connectivity index is 0.941. The molecule has 2 aliphatic heterocycles. The zero-order valence-corrected chi connectivity index (χ0v) is 29.1. The number of aliphatic hydroxyl groups excluding tert-OH is 2. The van der Waals surface area contributed by atoms with E-state index in [-0.39, 0.29) is 11.8 Å². The number of oxazole rings is 1. The molecule has 5 aromatic rings. The van der Waals surface area contributed by atoms with Gasteiger partial charge >= 0.3 is 0 Å². The molecule has 3 aromatic heterocycles. The van der Waals surface area contributed by atoms with Gasteiger partial charge < -0.3 is 44.2 Å². The van der Waals surface area contributed by atoms with E-state index in [1.54, 1.807) is 78.0 Å². The van der Waals surface area contributed by atoms with E-state index in [2.05, 4.69) is 25.6 Å². The van der Waals surface area contributed by atoms with Gasteiger partial charge in [-0.25, -0.2) is 15.0 Å². The molecule has 4 N–H and O–H groups in total. The Morgan fingerprint density at radius 1 is 0.698 bits per heavy atom. The maximum absolute atomic E-state index is 13.2. The number of likely N-dealkylation sites (tertiary alicyclic amines) is 2. The average molecular weight is 722 g/mol. The predicted molar refractivity (Wildman–Crippen MR) is 190 cm³/mol. The van der Waals surface area contributed by atoms with Crippen LogP contribution in [0.1, 0.15) is 49.3 Å². The molecule has 0 bridgehead atoms. The van der Waals surface area contributed by atoms with Gasteiger partial charge in [0.15, 0.2) is 18.0 Å². The van der Waals surface area contributed by atoms with E-state index in [9.17, 15) is 29.4 Å². The first kappa shape index (κ1) is 35.3. The lowest BCUT2D eigenvalue weighted by Crippen LogP contribution is -2.45. The van der Waals surface area contributed by atoms with Crippen molar-refractivity contribution in [3.05, 3.63) is 91.2 Å². The number of nitrogens with one attached hydrogen (secondary N) is 2. The van der Waals surface area contributed by atoms with Gasteiger partial charge in [-0.15, -0.1) is 0 Å². The molecule has 16 nitrogen and oxygen atoms in total. The van der Waals surface area contributed by atoms with Crippen molar-refractivity contribution in [2.24, 2.45) is 14.1 Å². The normalized spacial score (nSPS) is 18.2. The van der Waals surface area contributed by atoms with Crippen LogP contribution < -0.4 is 10.6 Å². The molecule has 5 heterocycles. The molecule has 2 aliphatic rings. The molecule has 2 saturated heterocycles. The number of benzene rings is 2. The number of nitrogens with zero attached hydrogens (tertiary/aromatic N) is 7. The zero-order chi connectivity index (χ0) is 37.2. The summed E-state index contributed by atoms with van der Waals surface area (Å²) in [6, 6.07) is 12.6. The molecular formula is C37H39N9O7. The van der Waals surface area contributed by atoms with Crippen LogP contribution in [0.2, 0.25) is 0 Å². The van der Waals surface area contributed by atoms with Crippen LogP contribution in [0.4, 0.5) is 11.4 Å². The molecule has 0 radical (unpaired) electrons. The Bertz CT molecular complexity index is 1970. The first-order valence-electron chi connectivity index (χ1n) is 17.3. The highest BCUT2D eigenvalue weighted by Gasteiger charge is 2.39. The number of rotatable bonds is 10. The van der Waals surface area contributed by atoms with Gasteiger partial charge in [0.1, 0.15) is 12.1 Å². The molecule has 16 heteroatoms. The van der Waals surface area contributed by atoms with Gasteiger partial charge in [0.05, 0.1) is 42.6 Å². The number of hydrogen-bond acceptors (Lipinski definition) is 10. The third-order valence-electron chi connectivity index (χ3n) is 9.76. The predicted octanol–water partition coefficient (Wildman–Crippen LogP) is 2.80. The van der Waals surface area contributed by atoms with Crippen LogP contribution >= 0.6 is 0 Å². The molecule has 4 amide bonds. The minimum atomic E-state index is -1.41. The third kappa shape index (κ3) is 7.18. The quantitative estimate of drug-likeness (QED) is 0.166. The molecular weight excluding hydrogens is 682 g/mol. The summed E-state index contributed by atoms with van der Waals surface area (Å²) in [7, 11) is 3.38. The van der Waals surface area contributed by atoms with Gasteiger partial charge in [-0.2, -0.15) is 0 Å². The smallest absolute Gasteiger partial charge is 0.258 e. The fourth-order valence-corrected chi connectivity index (χ4v) is 6.84. The number of aromatic nitrogens is 5. The molecule has 2 aromatic carbocycles. The number of amides is 4. The Kier molecular flexibility index (Phi) is 9.88. The number of carbonyl (C=O) groups excluding carboxylic acids is 4. The van der Waals surface area contributed by atoms with Crippen LogP contribution in [0.5, 0.6) is 0 Å². The minimum absolute atomic E-state index is 0.337. The van der Waals surface area contributed by atoms with Gasteiger partial charge in [0.25, 0.3) is 11.8 Å². The first-order valence-corrected chi connectivity index (χ1v) is 17.3. The average Bonchev–Trinajstić information content (AvgIpc) is 4.02. The Morgan fingerprint density at radius 3 is 1.58 bits per heavy atom. The highest BCUT2D eigenvalue weighted by atomic mass is 16.4. The first-order chi connectivity index (χ1) is 25.6. The van der Waals surface area contributed by atoms with E-state index in [1.807, 2.05) is 0 Å².